The number of benzene rings is 2. The zero-order chi connectivity index (χ0) is 27.0. The highest BCUT2D eigenvalue weighted by Gasteiger charge is 2.38. The summed E-state index contributed by atoms with van der Waals surface area (Å²) in [5.74, 6) is -0.391. The molecule has 1 unspecified atom stereocenters. The monoisotopic (exact) mass is 574 g/mol. The minimum absolute atomic E-state index is 0.0319. The lowest BCUT2D eigenvalue weighted by molar-refractivity contribution is -0.142. The summed E-state index contributed by atoms with van der Waals surface area (Å²) in [5.41, 5.74) is 1.14. The molecule has 38 heavy (non-hydrogen) atoms. The molecule has 2 aliphatic heterocycles. The van der Waals surface area contributed by atoms with Crippen LogP contribution in [-0.2, 0) is 19.6 Å². The Morgan fingerprint density at radius 2 is 1.76 bits per heavy atom. The van der Waals surface area contributed by atoms with Crippen molar-refractivity contribution in [3.8, 4) is 0 Å². The molecular formula is C26H27ClN4O5S2. The van der Waals surface area contributed by atoms with Crippen molar-refractivity contribution in [2.24, 2.45) is 0 Å². The Hall–Kier alpha value is -2.99. The van der Waals surface area contributed by atoms with Crippen LogP contribution in [0.15, 0.2) is 52.7 Å². The molecule has 3 aromatic rings. The van der Waals surface area contributed by atoms with E-state index in [1.807, 2.05) is 4.90 Å². The maximum Gasteiger partial charge on any atom is 0.307 e. The van der Waals surface area contributed by atoms with Crippen molar-refractivity contribution in [1.29, 1.82) is 5.41 Å². The quantitative estimate of drug-likeness (QED) is 0.273. The van der Waals surface area contributed by atoms with Crippen LogP contribution in [0.1, 0.15) is 28.8 Å². The van der Waals surface area contributed by atoms with Crippen LogP contribution in [0.3, 0.4) is 0 Å². The fraction of sp³-hybridized carbons (Fsp3) is 0.346. The van der Waals surface area contributed by atoms with Crippen LogP contribution in [0.25, 0.3) is 10.1 Å². The summed E-state index contributed by atoms with van der Waals surface area (Å²) in [6.45, 7) is 1.91. The molecule has 0 saturated carbocycles. The van der Waals surface area contributed by atoms with E-state index in [9.17, 15) is 18.0 Å². The molecule has 2 saturated heterocycles. The second kappa shape index (κ2) is 10.6. The maximum atomic E-state index is 13.5. The number of piperazine rings is 1. The Balaban J connectivity index is 1.36. The predicted molar refractivity (Wildman–Crippen MR) is 147 cm³/mol. The fourth-order valence-electron chi connectivity index (χ4n) is 4.66. The number of rotatable bonds is 6. The number of hydrogen-bond donors (Lipinski definition) is 1. The van der Waals surface area contributed by atoms with Gasteiger partial charge in [0.2, 0.25) is 0 Å². The van der Waals surface area contributed by atoms with Crippen LogP contribution in [0.2, 0.25) is 5.02 Å². The number of halogens is 1. The number of nitrogens with one attached hydrogen (secondary N) is 1. The van der Waals surface area contributed by atoms with Gasteiger partial charge >= 0.3 is 5.97 Å². The number of amides is 1. The van der Waals surface area contributed by atoms with Crippen molar-refractivity contribution < 1.29 is 22.7 Å². The Bertz CT molecular complexity index is 1500. The van der Waals surface area contributed by atoms with Crippen LogP contribution in [0, 0.1) is 5.41 Å². The first-order valence-corrected chi connectivity index (χ1v) is 14.8. The molecule has 200 valence electrons. The van der Waals surface area contributed by atoms with Crippen molar-refractivity contribution in [3.63, 3.8) is 0 Å². The number of nitrogens with zero attached hydrogens (tertiary/aromatic N) is 3. The van der Waals surface area contributed by atoms with Crippen molar-refractivity contribution in [1.82, 2.24) is 14.1 Å². The summed E-state index contributed by atoms with van der Waals surface area (Å²) in [7, 11) is -2.59. The summed E-state index contributed by atoms with van der Waals surface area (Å²) in [6, 6.07) is 13.0. The first-order chi connectivity index (χ1) is 18.2. The van der Waals surface area contributed by atoms with Gasteiger partial charge in [0.05, 0.1) is 19.6 Å². The van der Waals surface area contributed by atoms with E-state index in [-0.39, 0.29) is 36.2 Å². The molecule has 5 rings (SSSR count). The molecule has 0 bridgehead atoms. The molecule has 0 spiro atoms. The van der Waals surface area contributed by atoms with Gasteiger partial charge in [0.1, 0.15) is 10.0 Å². The topological polar surface area (TPSA) is 111 Å². The number of sulfonamides is 1. The van der Waals surface area contributed by atoms with Gasteiger partial charge in [0.25, 0.3) is 15.9 Å². The Kier molecular flexibility index (Phi) is 7.45. The van der Waals surface area contributed by atoms with Crippen LogP contribution < -0.4 is 0 Å². The summed E-state index contributed by atoms with van der Waals surface area (Å²) in [4.78, 5) is 29.2. The van der Waals surface area contributed by atoms with Crippen LogP contribution >= 0.6 is 22.9 Å². The molecule has 9 nitrogen and oxygen atoms in total. The normalized spacial score (nSPS) is 18.3. The molecule has 2 fully saturated rings. The molecule has 12 heteroatoms. The fourth-order valence-corrected chi connectivity index (χ4v) is 7.95. The molecule has 0 radical (unpaired) electrons. The average Bonchev–Trinajstić information content (AvgIpc) is 3.31. The van der Waals surface area contributed by atoms with E-state index in [0.29, 0.717) is 16.4 Å². The van der Waals surface area contributed by atoms with Crippen LogP contribution in [0.5, 0.6) is 0 Å². The van der Waals surface area contributed by atoms with E-state index in [0.717, 1.165) is 46.5 Å². The summed E-state index contributed by atoms with van der Waals surface area (Å²) >= 11 is 7.21. The zero-order valence-electron chi connectivity index (χ0n) is 20.7. The van der Waals surface area contributed by atoms with E-state index in [1.54, 1.807) is 53.4 Å². The minimum Gasteiger partial charge on any atom is -0.469 e. The first-order valence-electron chi connectivity index (χ1n) is 12.2. The summed E-state index contributed by atoms with van der Waals surface area (Å²) in [6.07, 6.45) is 0.938. The molecule has 0 aliphatic carbocycles. The Labute approximate surface area is 230 Å². The van der Waals surface area contributed by atoms with Crippen molar-refractivity contribution in [3.05, 3.63) is 64.7 Å². The SMILES string of the molecule is COC(=O)CC1CN(S(=O)(=O)c2cc3ccc(Cl)cc3s2)CCN1C(=O)c1ccc(C(=N)N2CCC2)cc1. The molecule has 1 amide bonds. The average molecular weight is 575 g/mol. The second-order valence-corrected chi connectivity index (χ2v) is 13.0. The van der Waals surface area contributed by atoms with E-state index in [1.165, 1.54) is 11.4 Å². The lowest BCUT2D eigenvalue weighted by Crippen LogP contribution is -2.57. The lowest BCUT2D eigenvalue weighted by Gasteiger charge is -2.40. The largest absolute Gasteiger partial charge is 0.469 e. The van der Waals surface area contributed by atoms with Gasteiger partial charge < -0.3 is 14.5 Å². The van der Waals surface area contributed by atoms with Crippen LogP contribution in [0.4, 0.5) is 0 Å². The number of fused-ring (bicyclic) bond motifs is 1. The lowest BCUT2D eigenvalue weighted by atomic mass is 10.0. The molecule has 2 aliphatic rings. The van der Waals surface area contributed by atoms with Gasteiger partial charge in [-0.3, -0.25) is 15.0 Å². The van der Waals surface area contributed by atoms with Crippen molar-refractivity contribution in [2.75, 3.05) is 39.8 Å². The highest BCUT2D eigenvalue weighted by atomic mass is 35.5. The number of esters is 1. The molecular weight excluding hydrogens is 548 g/mol. The molecule has 1 aromatic heterocycles. The number of carbonyl (C=O) groups is 2. The number of hydrogen-bond acceptors (Lipinski definition) is 7. The number of carbonyl (C=O) groups excluding carboxylic acids is 2. The third-order valence-corrected chi connectivity index (χ3v) is 10.6. The second-order valence-electron chi connectivity index (χ2n) is 9.31. The third kappa shape index (κ3) is 5.15. The smallest absolute Gasteiger partial charge is 0.307 e. The van der Waals surface area contributed by atoms with Gasteiger partial charge in [-0.15, -0.1) is 11.3 Å². The summed E-state index contributed by atoms with van der Waals surface area (Å²) < 4.78 is 34.2. The van der Waals surface area contributed by atoms with E-state index < -0.39 is 22.0 Å². The van der Waals surface area contributed by atoms with Gasteiger partial charge in [0.15, 0.2) is 0 Å². The van der Waals surface area contributed by atoms with E-state index in [4.69, 9.17) is 21.7 Å². The van der Waals surface area contributed by atoms with Crippen LogP contribution in [-0.4, -0.2) is 86.1 Å². The maximum absolute atomic E-state index is 13.5. The molecule has 2 aromatic carbocycles. The minimum atomic E-state index is -3.86. The number of amidine groups is 1. The van der Waals surface area contributed by atoms with Crippen molar-refractivity contribution in [2.45, 2.75) is 23.1 Å². The standard InChI is InChI=1S/C26H27ClN4O5S2/c1-36-23(32)15-21-16-30(38(34,35)24-13-19-7-8-20(27)14-22(19)37-24)11-12-31(21)26(33)18-5-3-17(4-6-18)25(28)29-9-2-10-29/h3-8,13-14,21,28H,2,9-12,15-16H2,1H3. The van der Waals surface area contributed by atoms with Gasteiger partial charge in [-0.2, -0.15) is 4.31 Å². The highest BCUT2D eigenvalue weighted by Crippen LogP contribution is 2.34. The Morgan fingerprint density at radius 3 is 2.42 bits per heavy atom. The first kappa shape index (κ1) is 26.6. The molecule has 3 heterocycles. The van der Waals surface area contributed by atoms with Gasteiger partial charge in [-0.05, 0) is 42.1 Å². The van der Waals surface area contributed by atoms with Crippen molar-refractivity contribution >= 4 is 60.8 Å². The number of thiophene rings is 1. The molecule has 1 N–H and O–H groups in total. The highest BCUT2D eigenvalue weighted by molar-refractivity contribution is 7.91. The van der Waals surface area contributed by atoms with Gasteiger partial charge in [-0.25, -0.2) is 8.42 Å². The molecule has 1 atom stereocenters. The van der Waals surface area contributed by atoms with Gasteiger partial charge in [0, 0.05) is 53.6 Å². The number of methoxy groups -OCH3 is 1. The van der Waals surface area contributed by atoms with E-state index in [2.05, 4.69) is 0 Å². The predicted octanol–water partition coefficient (Wildman–Crippen LogP) is 3.66. The Morgan fingerprint density at radius 1 is 1.05 bits per heavy atom. The van der Waals surface area contributed by atoms with E-state index >= 15 is 0 Å². The zero-order valence-corrected chi connectivity index (χ0v) is 23.1. The summed E-state index contributed by atoms with van der Waals surface area (Å²) in [5, 5.41) is 9.61. The number of ether oxygens (including phenoxy) is 1. The van der Waals surface area contributed by atoms with Gasteiger partial charge in [-0.1, -0.05) is 29.8 Å². The number of likely N-dealkylation sites (tertiary alicyclic amines) is 1. The third-order valence-electron chi connectivity index (χ3n) is 6.97.